The first-order chi connectivity index (χ1) is 9.08. The first-order valence-electron chi connectivity index (χ1n) is 5.61. The summed E-state index contributed by atoms with van der Waals surface area (Å²) in [6.45, 7) is 1.89. The molecule has 0 spiro atoms. The van der Waals surface area contributed by atoms with Gasteiger partial charge in [-0.05, 0) is 30.5 Å². The Balaban J connectivity index is 2.05. The summed E-state index contributed by atoms with van der Waals surface area (Å²) in [5.41, 5.74) is 0.260. The Bertz CT molecular complexity index is 578. The number of hydrogen-bond donors (Lipinski definition) is 2. The fraction of sp³-hybridized carbons (Fsp3) is 0.154. The number of thiophene rings is 1. The van der Waals surface area contributed by atoms with E-state index in [1.54, 1.807) is 11.3 Å². The number of carbonyl (C=O) groups excluding carboxylic acids is 1. The van der Waals surface area contributed by atoms with Crippen molar-refractivity contribution in [2.45, 2.75) is 13.0 Å². The zero-order valence-electron chi connectivity index (χ0n) is 10.2. The summed E-state index contributed by atoms with van der Waals surface area (Å²) in [5, 5.41) is 13.5. The highest BCUT2D eigenvalue weighted by Crippen LogP contribution is 2.18. The predicted octanol–water partition coefficient (Wildman–Crippen LogP) is 2.33. The van der Waals surface area contributed by atoms with Gasteiger partial charge in [-0.15, -0.1) is 11.3 Å². The highest BCUT2D eigenvalue weighted by molar-refractivity contribution is 7.10. The second-order valence-corrected chi connectivity index (χ2v) is 4.93. The molecule has 0 aromatic carbocycles. The van der Waals surface area contributed by atoms with E-state index in [0.29, 0.717) is 5.56 Å². The smallest absolute Gasteiger partial charge is 0.354 e. The molecule has 2 aromatic heterocycles. The van der Waals surface area contributed by atoms with Gasteiger partial charge in [0.1, 0.15) is 5.69 Å². The Morgan fingerprint density at radius 3 is 2.68 bits per heavy atom. The second-order valence-electron chi connectivity index (χ2n) is 3.95. The lowest BCUT2D eigenvalue weighted by Crippen LogP contribution is -2.26. The third-order valence-corrected chi connectivity index (χ3v) is 3.62. The molecule has 0 aliphatic rings. The van der Waals surface area contributed by atoms with Crippen molar-refractivity contribution in [2.24, 2.45) is 0 Å². The molecule has 0 saturated heterocycles. The van der Waals surface area contributed by atoms with Gasteiger partial charge in [0.15, 0.2) is 0 Å². The molecule has 5 nitrogen and oxygen atoms in total. The van der Waals surface area contributed by atoms with Gasteiger partial charge in [-0.1, -0.05) is 6.07 Å². The number of hydrogen-bond acceptors (Lipinski definition) is 4. The number of carbonyl (C=O) groups is 2. The van der Waals surface area contributed by atoms with Crippen LogP contribution < -0.4 is 5.32 Å². The van der Waals surface area contributed by atoms with Crippen molar-refractivity contribution >= 4 is 23.2 Å². The molecule has 1 atom stereocenters. The van der Waals surface area contributed by atoms with Gasteiger partial charge in [0.05, 0.1) is 11.6 Å². The molecule has 0 bridgehead atoms. The quantitative estimate of drug-likeness (QED) is 0.898. The van der Waals surface area contributed by atoms with Gasteiger partial charge in [-0.3, -0.25) is 4.79 Å². The molecule has 0 aliphatic heterocycles. The molecule has 6 heteroatoms. The number of nitrogens with one attached hydrogen (secondary N) is 1. The topological polar surface area (TPSA) is 79.3 Å². The van der Waals surface area contributed by atoms with Crippen molar-refractivity contribution in [3.63, 3.8) is 0 Å². The van der Waals surface area contributed by atoms with Crippen LogP contribution >= 0.6 is 11.3 Å². The number of carboxylic acid groups (broad SMARTS) is 1. The highest BCUT2D eigenvalue weighted by Gasteiger charge is 2.13. The SMILES string of the molecule is CC(NC(=O)c1ccc(C(=O)O)nc1)c1cccs1. The number of aromatic nitrogens is 1. The number of nitrogens with zero attached hydrogens (tertiary/aromatic N) is 1. The predicted molar refractivity (Wildman–Crippen MR) is 71.4 cm³/mol. The van der Waals surface area contributed by atoms with Crippen molar-refractivity contribution in [1.82, 2.24) is 10.3 Å². The van der Waals surface area contributed by atoms with Crippen LogP contribution in [-0.2, 0) is 0 Å². The third kappa shape index (κ3) is 3.17. The van der Waals surface area contributed by atoms with Gasteiger partial charge in [-0.25, -0.2) is 9.78 Å². The first kappa shape index (κ1) is 13.2. The van der Waals surface area contributed by atoms with Crippen LogP contribution in [0.5, 0.6) is 0 Å². The Morgan fingerprint density at radius 1 is 1.37 bits per heavy atom. The summed E-state index contributed by atoms with van der Waals surface area (Å²) in [5.74, 6) is -1.38. The Hall–Kier alpha value is -2.21. The summed E-state index contributed by atoms with van der Waals surface area (Å²) in [6.07, 6.45) is 1.26. The van der Waals surface area contributed by atoms with E-state index >= 15 is 0 Å². The lowest BCUT2D eigenvalue weighted by Gasteiger charge is -2.11. The lowest BCUT2D eigenvalue weighted by molar-refractivity contribution is 0.0689. The van der Waals surface area contributed by atoms with E-state index < -0.39 is 5.97 Å². The van der Waals surface area contributed by atoms with Crippen molar-refractivity contribution in [1.29, 1.82) is 0 Å². The zero-order valence-corrected chi connectivity index (χ0v) is 11.0. The third-order valence-electron chi connectivity index (χ3n) is 2.56. The molecular weight excluding hydrogens is 264 g/mol. The lowest BCUT2D eigenvalue weighted by atomic mass is 10.2. The molecular formula is C13H12N2O3S. The number of carboxylic acids is 1. The zero-order chi connectivity index (χ0) is 13.8. The molecule has 1 unspecified atom stereocenters. The maximum absolute atomic E-state index is 11.9. The van der Waals surface area contributed by atoms with Crippen LogP contribution in [0.4, 0.5) is 0 Å². The average molecular weight is 276 g/mol. The minimum Gasteiger partial charge on any atom is -0.477 e. The van der Waals surface area contributed by atoms with E-state index in [0.717, 1.165) is 4.88 Å². The Labute approximate surface area is 113 Å². The van der Waals surface area contributed by atoms with Crippen LogP contribution in [-0.4, -0.2) is 22.0 Å². The van der Waals surface area contributed by atoms with Gasteiger partial charge in [0.2, 0.25) is 0 Å². The monoisotopic (exact) mass is 276 g/mol. The van der Waals surface area contributed by atoms with Gasteiger partial charge in [-0.2, -0.15) is 0 Å². The highest BCUT2D eigenvalue weighted by atomic mass is 32.1. The molecule has 2 N–H and O–H groups in total. The van der Waals surface area contributed by atoms with Crippen molar-refractivity contribution in [3.8, 4) is 0 Å². The largest absolute Gasteiger partial charge is 0.477 e. The molecule has 19 heavy (non-hydrogen) atoms. The summed E-state index contributed by atoms with van der Waals surface area (Å²) in [4.78, 5) is 27.4. The fourth-order valence-electron chi connectivity index (χ4n) is 1.54. The van der Waals surface area contributed by atoms with Crippen LogP contribution in [0.2, 0.25) is 0 Å². The maximum atomic E-state index is 11.9. The molecule has 1 amide bonds. The standard InChI is InChI=1S/C13H12N2O3S/c1-8(11-3-2-6-19-11)15-12(16)9-4-5-10(13(17)18)14-7-9/h2-8H,1H3,(H,15,16)(H,17,18). The normalized spacial score (nSPS) is 11.8. The van der Waals surface area contributed by atoms with Crippen molar-refractivity contribution < 1.29 is 14.7 Å². The maximum Gasteiger partial charge on any atom is 0.354 e. The van der Waals surface area contributed by atoms with Crippen LogP contribution in [0.1, 0.15) is 38.7 Å². The number of rotatable bonds is 4. The van der Waals surface area contributed by atoms with Gasteiger partial charge in [0.25, 0.3) is 5.91 Å². The molecule has 2 rings (SSSR count). The second kappa shape index (κ2) is 5.62. The molecule has 98 valence electrons. The van der Waals surface area contributed by atoms with E-state index in [1.807, 2.05) is 24.4 Å². The van der Waals surface area contributed by atoms with E-state index in [4.69, 9.17) is 5.11 Å². The van der Waals surface area contributed by atoms with E-state index in [1.165, 1.54) is 18.3 Å². The summed E-state index contributed by atoms with van der Waals surface area (Å²) < 4.78 is 0. The molecule has 0 aliphatic carbocycles. The van der Waals surface area contributed by atoms with Gasteiger partial charge >= 0.3 is 5.97 Å². The molecule has 0 saturated carbocycles. The fourth-order valence-corrected chi connectivity index (χ4v) is 2.28. The Kier molecular flexibility index (Phi) is 3.91. The molecule has 2 heterocycles. The minimum absolute atomic E-state index is 0.0807. The van der Waals surface area contributed by atoms with Crippen molar-refractivity contribution in [2.75, 3.05) is 0 Å². The number of amides is 1. The first-order valence-corrected chi connectivity index (χ1v) is 6.49. The summed E-state index contributed by atoms with van der Waals surface area (Å²) in [6, 6.07) is 6.54. The van der Waals surface area contributed by atoms with Gasteiger partial charge in [0, 0.05) is 11.1 Å². The molecule has 0 radical (unpaired) electrons. The number of pyridine rings is 1. The van der Waals surface area contributed by atoms with E-state index in [-0.39, 0.29) is 17.6 Å². The van der Waals surface area contributed by atoms with Crippen LogP contribution in [0.3, 0.4) is 0 Å². The van der Waals surface area contributed by atoms with E-state index in [2.05, 4.69) is 10.3 Å². The summed E-state index contributed by atoms with van der Waals surface area (Å²) >= 11 is 1.57. The van der Waals surface area contributed by atoms with Crippen LogP contribution in [0.15, 0.2) is 35.8 Å². The molecule has 2 aromatic rings. The number of aromatic carboxylic acids is 1. The van der Waals surface area contributed by atoms with Crippen LogP contribution in [0, 0.1) is 0 Å². The van der Waals surface area contributed by atoms with Crippen molar-refractivity contribution in [3.05, 3.63) is 52.0 Å². The minimum atomic E-state index is -1.11. The Morgan fingerprint density at radius 2 is 2.16 bits per heavy atom. The average Bonchev–Trinajstić information content (AvgIpc) is 2.92. The van der Waals surface area contributed by atoms with E-state index in [9.17, 15) is 9.59 Å². The van der Waals surface area contributed by atoms with Gasteiger partial charge < -0.3 is 10.4 Å². The summed E-state index contributed by atoms with van der Waals surface area (Å²) in [7, 11) is 0. The molecule has 0 fully saturated rings. The van der Waals surface area contributed by atoms with Crippen LogP contribution in [0.25, 0.3) is 0 Å².